The number of hydrogen-bond acceptors (Lipinski definition) is 6. The summed E-state index contributed by atoms with van der Waals surface area (Å²) in [5.41, 5.74) is -0.0849. The van der Waals surface area contributed by atoms with E-state index in [0.717, 1.165) is 10.4 Å². The van der Waals surface area contributed by atoms with Crippen LogP contribution in [0.4, 0.5) is 10.5 Å². The summed E-state index contributed by atoms with van der Waals surface area (Å²) in [6.07, 6.45) is 1.91. The van der Waals surface area contributed by atoms with Crippen LogP contribution in [0.3, 0.4) is 0 Å². The Hall–Kier alpha value is -4.52. The van der Waals surface area contributed by atoms with Crippen LogP contribution in [0, 0.1) is 21.4 Å². The lowest BCUT2D eigenvalue weighted by atomic mass is 9.92. The van der Waals surface area contributed by atoms with Crippen molar-refractivity contribution >= 4 is 34.3 Å². The monoisotopic (exact) mass is 445 g/mol. The predicted molar refractivity (Wildman–Crippen MR) is 117 cm³/mol. The molecule has 166 valence electrons. The van der Waals surface area contributed by atoms with Crippen LogP contribution in [0.15, 0.2) is 54.7 Å². The van der Waals surface area contributed by atoms with Crippen molar-refractivity contribution in [3.63, 3.8) is 0 Å². The Bertz CT molecular complexity index is 1340. The van der Waals surface area contributed by atoms with Gasteiger partial charge in [0.25, 0.3) is 11.6 Å². The maximum atomic E-state index is 13.1. The molecule has 4 rings (SSSR count). The lowest BCUT2D eigenvalue weighted by Gasteiger charge is -2.22. The third kappa shape index (κ3) is 3.70. The zero-order valence-electron chi connectivity index (χ0n) is 17.6. The SMILES string of the molecule is CC1(c2ccc([N+](=O)[O-])cc2)NC(=O)N(CC(=O)c2cn(CCC#N)c3ccccc23)C1=O. The largest absolute Gasteiger partial charge is 0.346 e. The van der Waals surface area contributed by atoms with Gasteiger partial charge in [-0.2, -0.15) is 5.26 Å². The number of nitro benzene ring substituents is 1. The fraction of sp³-hybridized carbons (Fsp3) is 0.217. The molecule has 1 saturated heterocycles. The molecule has 1 atom stereocenters. The van der Waals surface area contributed by atoms with Crippen molar-refractivity contribution in [1.29, 1.82) is 5.26 Å². The van der Waals surface area contributed by atoms with Crippen LogP contribution in [0.2, 0.25) is 0 Å². The first-order valence-electron chi connectivity index (χ1n) is 10.1. The molecule has 1 fully saturated rings. The number of imide groups is 1. The molecule has 0 radical (unpaired) electrons. The van der Waals surface area contributed by atoms with Crippen molar-refractivity contribution in [3.05, 3.63) is 76.0 Å². The fourth-order valence-corrected chi connectivity index (χ4v) is 4.01. The number of hydrogen-bond donors (Lipinski definition) is 1. The van der Waals surface area contributed by atoms with Crippen LogP contribution < -0.4 is 5.32 Å². The summed E-state index contributed by atoms with van der Waals surface area (Å²) < 4.78 is 1.80. The molecule has 1 N–H and O–H groups in total. The fourth-order valence-electron chi connectivity index (χ4n) is 4.01. The number of nitrogens with zero attached hydrogens (tertiary/aromatic N) is 4. The summed E-state index contributed by atoms with van der Waals surface area (Å²) in [6.45, 7) is 1.44. The first-order chi connectivity index (χ1) is 15.8. The van der Waals surface area contributed by atoms with E-state index in [0.29, 0.717) is 23.1 Å². The first kappa shape index (κ1) is 21.7. The van der Waals surface area contributed by atoms with Crippen molar-refractivity contribution < 1.29 is 19.3 Å². The van der Waals surface area contributed by atoms with Gasteiger partial charge in [-0.3, -0.25) is 24.6 Å². The molecule has 0 spiro atoms. The van der Waals surface area contributed by atoms with Gasteiger partial charge in [-0.1, -0.05) is 18.2 Å². The number of fused-ring (bicyclic) bond motifs is 1. The van der Waals surface area contributed by atoms with Crippen LogP contribution in [-0.4, -0.2) is 38.7 Å². The summed E-state index contributed by atoms with van der Waals surface area (Å²) in [7, 11) is 0. The molecule has 33 heavy (non-hydrogen) atoms. The molecule has 2 heterocycles. The van der Waals surface area contributed by atoms with E-state index in [2.05, 4.69) is 11.4 Å². The number of aromatic nitrogens is 1. The average molecular weight is 445 g/mol. The smallest absolute Gasteiger partial charge is 0.325 e. The number of Topliss-reactive ketones (excluding diaryl/α,β-unsaturated/α-hetero) is 1. The Labute approximate surface area is 188 Å². The Morgan fingerprint density at radius 2 is 1.88 bits per heavy atom. The minimum absolute atomic E-state index is 0.140. The normalized spacial score (nSPS) is 17.8. The van der Waals surface area contributed by atoms with Gasteiger partial charge in [-0.15, -0.1) is 0 Å². The van der Waals surface area contributed by atoms with E-state index >= 15 is 0 Å². The highest BCUT2D eigenvalue weighted by molar-refractivity contribution is 6.14. The number of carbonyl (C=O) groups excluding carboxylic acids is 3. The number of para-hydroxylation sites is 1. The van der Waals surface area contributed by atoms with Crippen molar-refractivity contribution in [2.75, 3.05) is 6.54 Å². The van der Waals surface area contributed by atoms with Gasteiger partial charge in [0.05, 0.1) is 24.0 Å². The molecular weight excluding hydrogens is 426 g/mol. The van der Waals surface area contributed by atoms with Crippen molar-refractivity contribution in [3.8, 4) is 6.07 Å². The highest BCUT2D eigenvalue weighted by atomic mass is 16.6. The Morgan fingerprint density at radius 3 is 2.55 bits per heavy atom. The summed E-state index contributed by atoms with van der Waals surface area (Å²) in [6, 6.07) is 13.9. The van der Waals surface area contributed by atoms with E-state index in [1.165, 1.54) is 31.2 Å². The minimum atomic E-state index is -1.45. The number of nitro groups is 1. The van der Waals surface area contributed by atoms with Gasteiger partial charge in [0.2, 0.25) is 0 Å². The predicted octanol–water partition coefficient (Wildman–Crippen LogP) is 3.11. The van der Waals surface area contributed by atoms with E-state index in [1.807, 2.05) is 12.1 Å². The average Bonchev–Trinajstić information content (AvgIpc) is 3.28. The molecule has 0 bridgehead atoms. The molecule has 1 aliphatic rings. The van der Waals surface area contributed by atoms with Crippen LogP contribution in [0.1, 0.15) is 29.3 Å². The number of nitriles is 1. The second kappa shape index (κ2) is 8.20. The number of amides is 3. The Balaban J connectivity index is 1.60. The zero-order valence-corrected chi connectivity index (χ0v) is 17.6. The van der Waals surface area contributed by atoms with Gasteiger partial charge in [0.15, 0.2) is 5.78 Å². The van der Waals surface area contributed by atoms with Crippen molar-refractivity contribution in [1.82, 2.24) is 14.8 Å². The highest BCUT2D eigenvalue weighted by Gasteiger charge is 2.49. The molecule has 1 aliphatic heterocycles. The van der Waals surface area contributed by atoms with Crippen LogP contribution >= 0.6 is 0 Å². The van der Waals surface area contributed by atoms with Crippen LogP contribution in [0.25, 0.3) is 10.9 Å². The second-order valence-electron chi connectivity index (χ2n) is 7.84. The number of carbonyl (C=O) groups is 3. The van der Waals surface area contributed by atoms with E-state index in [9.17, 15) is 24.5 Å². The topological polar surface area (TPSA) is 138 Å². The van der Waals surface area contributed by atoms with E-state index in [-0.39, 0.29) is 12.1 Å². The summed E-state index contributed by atoms with van der Waals surface area (Å²) in [4.78, 5) is 50.1. The van der Waals surface area contributed by atoms with Gasteiger partial charge in [-0.05, 0) is 30.7 Å². The first-order valence-corrected chi connectivity index (χ1v) is 10.1. The molecule has 3 amide bonds. The standard InChI is InChI=1S/C23H19N5O5/c1-23(15-7-9-16(10-8-15)28(32)33)21(30)27(22(31)25-23)14-20(29)18-13-26(12-4-11-24)19-6-3-2-5-17(18)19/h2-3,5-10,13H,4,12,14H2,1H3,(H,25,31). The minimum Gasteiger partial charge on any atom is -0.346 e. The number of urea groups is 1. The van der Waals surface area contributed by atoms with E-state index < -0.39 is 34.7 Å². The molecule has 10 nitrogen and oxygen atoms in total. The van der Waals surface area contributed by atoms with Gasteiger partial charge in [0.1, 0.15) is 5.54 Å². The van der Waals surface area contributed by atoms with Crippen molar-refractivity contribution in [2.45, 2.75) is 25.4 Å². The summed E-state index contributed by atoms with van der Waals surface area (Å²) in [5, 5.41) is 23.1. The molecule has 0 aliphatic carbocycles. The van der Waals surface area contributed by atoms with E-state index in [1.54, 1.807) is 22.9 Å². The highest BCUT2D eigenvalue weighted by Crippen LogP contribution is 2.31. The van der Waals surface area contributed by atoms with Crippen LogP contribution in [-0.2, 0) is 16.9 Å². The number of aryl methyl sites for hydroxylation is 1. The lowest BCUT2D eigenvalue weighted by molar-refractivity contribution is -0.384. The van der Waals surface area contributed by atoms with Gasteiger partial charge < -0.3 is 9.88 Å². The summed E-state index contributed by atoms with van der Waals surface area (Å²) in [5.74, 6) is -1.04. The quantitative estimate of drug-likeness (QED) is 0.257. The number of non-ortho nitro benzene ring substituents is 1. The number of ketones is 1. The molecule has 1 aromatic heterocycles. The molecule has 1 unspecified atom stereocenters. The maximum absolute atomic E-state index is 13.1. The Morgan fingerprint density at radius 1 is 1.18 bits per heavy atom. The number of nitrogens with one attached hydrogen (secondary N) is 1. The molecule has 2 aromatic carbocycles. The lowest BCUT2D eigenvalue weighted by Crippen LogP contribution is -2.41. The summed E-state index contributed by atoms with van der Waals surface area (Å²) >= 11 is 0. The van der Waals surface area contributed by atoms with Gasteiger partial charge in [-0.25, -0.2) is 4.79 Å². The zero-order chi connectivity index (χ0) is 23.8. The molecule has 10 heteroatoms. The number of rotatable bonds is 7. The number of benzene rings is 2. The molecular formula is C23H19N5O5. The van der Waals surface area contributed by atoms with Gasteiger partial charge >= 0.3 is 6.03 Å². The molecule has 0 saturated carbocycles. The van der Waals surface area contributed by atoms with E-state index in [4.69, 9.17) is 5.26 Å². The second-order valence-corrected chi connectivity index (χ2v) is 7.84. The maximum Gasteiger partial charge on any atom is 0.325 e. The van der Waals surface area contributed by atoms with Crippen molar-refractivity contribution in [2.24, 2.45) is 0 Å². The third-order valence-electron chi connectivity index (χ3n) is 5.79. The third-order valence-corrected chi connectivity index (χ3v) is 5.79. The molecule has 3 aromatic rings. The van der Waals surface area contributed by atoms with Gasteiger partial charge in [0, 0.05) is 41.3 Å². The Kier molecular flexibility index (Phi) is 5.39. The van der Waals surface area contributed by atoms with Crippen LogP contribution in [0.5, 0.6) is 0 Å².